The van der Waals surface area contributed by atoms with Crippen molar-refractivity contribution in [3.05, 3.63) is 90.1 Å². The maximum atomic E-state index is 14.0. The molecule has 41 heavy (non-hydrogen) atoms. The number of methoxy groups -OCH3 is 3. The van der Waals surface area contributed by atoms with Crippen molar-refractivity contribution in [2.75, 3.05) is 33.2 Å². The Hall–Kier alpha value is -4.26. The fourth-order valence-corrected chi connectivity index (χ4v) is 5.24. The maximum Gasteiger partial charge on any atom is 0.230 e. The third-order valence-electron chi connectivity index (χ3n) is 7.42. The third kappa shape index (κ3) is 7.48. The Morgan fingerprint density at radius 1 is 0.927 bits per heavy atom. The van der Waals surface area contributed by atoms with Gasteiger partial charge in [0.05, 0.1) is 38.5 Å². The van der Waals surface area contributed by atoms with Gasteiger partial charge in [0.15, 0.2) is 11.5 Å². The Labute approximate surface area is 243 Å². The van der Waals surface area contributed by atoms with Crippen molar-refractivity contribution in [2.45, 2.75) is 51.6 Å². The van der Waals surface area contributed by atoms with Gasteiger partial charge in [-0.15, -0.1) is 0 Å². The predicted molar refractivity (Wildman–Crippen MR) is 165 cm³/mol. The first-order valence-corrected chi connectivity index (χ1v) is 14.2. The first-order valence-electron chi connectivity index (χ1n) is 14.2. The monoisotopic (exact) mass is 555 g/mol. The molecule has 7 nitrogen and oxygen atoms in total. The number of fused-ring (bicyclic) bond motifs is 1. The van der Waals surface area contributed by atoms with Crippen LogP contribution in [0.2, 0.25) is 0 Å². The molecule has 0 saturated heterocycles. The number of amides is 1. The van der Waals surface area contributed by atoms with Crippen LogP contribution >= 0.6 is 0 Å². The molecule has 0 radical (unpaired) electrons. The highest BCUT2D eigenvalue weighted by molar-refractivity contribution is 5.92. The number of nitrogens with zero attached hydrogens (tertiary/aromatic N) is 2. The van der Waals surface area contributed by atoms with E-state index in [9.17, 15) is 4.79 Å². The van der Waals surface area contributed by atoms with Crippen molar-refractivity contribution in [2.24, 2.45) is 0 Å². The van der Waals surface area contributed by atoms with E-state index >= 15 is 0 Å². The molecule has 1 N–H and O–H groups in total. The van der Waals surface area contributed by atoms with Crippen molar-refractivity contribution in [1.82, 2.24) is 9.88 Å². The lowest BCUT2D eigenvalue weighted by Crippen LogP contribution is -2.36. The van der Waals surface area contributed by atoms with Gasteiger partial charge in [0.1, 0.15) is 5.75 Å². The lowest BCUT2D eigenvalue weighted by Gasteiger charge is -2.28. The molecule has 4 rings (SSSR count). The van der Waals surface area contributed by atoms with Crippen LogP contribution in [0.1, 0.15) is 50.2 Å². The Bertz CT molecular complexity index is 1430. The van der Waals surface area contributed by atoms with Crippen LogP contribution in [0, 0.1) is 0 Å². The summed E-state index contributed by atoms with van der Waals surface area (Å²) in [7, 11) is 4.93. The highest BCUT2D eigenvalue weighted by Gasteiger charge is 2.25. The fraction of sp³-hybridized carbons (Fsp3) is 0.353. The number of carbonyl (C=O) groups is 1. The summed E-state index contributed by atoms with van der Waals surface area (Å²) in [6, 6.07) is 24.0. The third-order valence-corrected chi connectivity index (χ3v) is 7.42. The number of ether oxygens (including phenoxy) is 3. The minimum Gasteiger partial charge on any atom is -0.497 e. The van der Waals surface area contributed by atoms with Crippen LogP contribution in [-0.4, -0.2) is 49.7 Å². The number of anilines is 1. The summed E-state index contributed by atoms with van der Waals surface area (Å²) in [6.45, 7) is 5.37. The number of pyridine rings is 1. The van der Waals surface area contributed by atoms with E-state index in [-0.39, 0.29) is 17.9 Å². The first-order chi connectivity index (χ1) is 20.0. The molecule has 2 unspecified atom stereocenters. The summed E-state index contributed by atoms with van der Waals surface area (Å²) in [5, 5.41) is 4.65. The van der Waals surface area contributed by atoms with Crippen LogP contribution in [-0.2, 0) is 11.3 Å². The van der Waals surface area contributed by atoms with E-state index in [2.05, 4.69) is 24.1 Å². The molecule has 0 fully saturated rings. The Morgan fingerprint density at radius 2 is 1.71 bits per heavy atom. The number of aromatic nitrogens is 1. The molecule has 0 aliphatic carbocycles. The van der Waals surface area contributed by atoms with E-state index < -0.39 is 0 Å². The number of carbonyl (C=O) groups excluding carboxylic acids is 1. The molecule has 1 heterocycles. The average Bonchev–Trinajstić information content (AvgIpc) is 3.01. The predicted octanol–water partition coefficient (Wildman–Crippen LogP) is 7.06. The van der Waals surface area contributed by atoms with Gasteiger partial charge in [-0.25, -0.2) is 0 Å². The van der Waals surface area contributed by atoms with Crippen molar-refractivity contribution in [1.29, 1.82) is 0 Å². The Kier molecular flexibility index (Phi) is 10.4. The minimum absolute atomic E-state index is 0.136. The maximum absolute atomic E-state index is 14.0. The van der Waals surface area contributed by atoms with Crippen molar-refractivity contribution < 1.29 is 19.0 Å². The van der Waals surface area contributed by atoms with Crippen molar-refractivity contribution in [3.63, 3.8) is 0 Å². The summed E-state index contributed by atoms with van der Waals surface area (Å²) in [6.07, 6.45) is 4.26. The van der Waals surface area contributed by atoms with Crippen LogP contribution in [0.5, 0.6) is 17.2 Å². The number of hydrogen-bond donors (Lipinski definition) is 1. The van der Waals surface area contributed by atoms with Crippen LogP contribution in [0.4, 0.5) is 5.69 Å². The first kappa shape index (κ1) is 29.7. The lowest BCUT2D eigenvalue weighted by molar-refractivity contribution is -0.133. The number of nitrogens with one attached hydrogen (secondary N) is 1. The molecule has 0 aliphatic heterocycles. The van der Waals surface area contributed by atoms with Crippen LogP contribution in [0.25, 0.3) is 10.9 Å². The molecule has 0 aliphatic rings. The lowest BCUT2D eigenvalue weighted by atomic mass is 9.94. The second kappa shape index (κ2) is 14.4. The van der Waals surface area contributed by atoms with E-state index in [1.165, 1.54) is 0 Å². The molecule has 0 saturated carbocycles. The van der Waals surface area contributed by atoms with Gasteiger partial charge >= 0.3 is 0 Å². The number of hydrogen-bond acceptors (Lipinski definition) is 6. The van der Waals surface area contributed by atoms with E-state index in [4.69, 9.17) is 14.2 Å². The zero-order chi connectivity index (χ0) is 29.2. The quantitative estimate of drug-likeness (QED) is 0.180. The molecule has 4 aromatic rings. The second-order valence-corrected chi connectivity index (χ2v) is 10.3. The van der Waals surface area contributed by atoms with Crippen LogP contribution in [0.3, 0.4) is 0 Å². The number of rotatable bonds is 14. The summed E-state index contributed by atoms with van der Waals surface area (Å²) >= 11 is 0. The second-order valence-electron chi connectivity index (χ2n) is 10.3. The molecular formula is C34H41N3O4. The van der Waals surface area contributed by atoms with Gasteiger partial charge in [-0.2, -0.15) is 0 Å². The highest BCUT2D eigenvalue weighted by Crippen LogP contribution is 2.30. The van der Waals surface area contributed by atoms with Crippen molar-refractivity contribution in [3.8, 4) is 17.2 Å². The normalized spacial score (nSPS) is 12.4. The largest absolute Gasteiger partial charge is 0.497 e. The topological polar surface area (TPSA) is 72.9 Å². The Morgan fingerprint density at radius 3 is 2.41 bits per heavy atom. The van der Waals surface area contributed by atoms with Gasteiger partial charge in [-0.3, -0.25) is 9.78 Å². The molecule has 7 heteroatoms. The van der Waals surface area contributed by atoms with Gasteiger partial charge in [0, 0.05) is 36.8 Å². The van der Waals surface area contributed by atoms with Gasteiger partial charge in [0.25, 0.3) is 0 Å². The van der Waals surface area contributed by atoms with Gasteiger partial charge in [-0.1, -0.05) is 49.4 Å². The van der Waals surface area contributed by atoms with Gasteiger partial charge in [0.2, 0.25) is 5.91 Å². The summed E-state index contributed by atoms with van der Waals surface area (Å²) in [5.74, 6) is 2.06. The zero-order valence-electron chi connectivity index (χ0n) is 24.7. The van der Waals surface area contributed by atoms with Gasteiger partial charge in [-0.05, 0) is 61.6 Å². The van der Waals surface area contributed by atoms with Crippen LogP contribution < -0.4 is 19.5 Å². The zero-order valence-corrected chi connectivity index (χ0v) is 24.7. The molecule has 0 spiro atoms. The van der Waals surface area contributed by atoms with E-state index in [1.807, 2.05) is 77.7 Å². The summed E-state index contributed by atoms with van der Waals surface area (Å²) in [5.41, 5.74) is 3.91. The van der Waals surface area contributed by atoms with Crippen molar-refractivity contribution >= 4 is 22.5 Å². The summed E-state index contributed by atoms with van der Waals surface area (Å²) < 4.78 is 16.4. The van der Waals surface area contributed by atoms with E-state index in [0.717, 1.165) is 52.7 Å². The highest BCUT2D eigenvalue weighted by atomic mass is 16.5. The Balaban J connectivity index is 1.49. The molecule has 2 atom stereocenters. The van der Waals surface area contributed by atoms with E-state index in [1.54, 1.807) is 27.5 Å². The van der Waals surface area contributed by atoms with Crippen LogP contribution in [0.15, 0.2) is 79.0 Å². The molecular weight excluding hydrogens is 514 g/mol. The molecule has 1 amide bonds. The smallest absolute Gasteiger partial charge is 0.230 e. The molecule has 0 bridgehead atoms. The van der Waals surface area contributed by atoms with E-state index in [0.29, 0.717) is 24.6 Å². The molecule has 3 aromatic carbocycles. The number of benzene rings is 3. The fourth-order valence-electron chi connectivity index (χ4n) is 5.24. The van der Waals surface area contributed by atoms with Gasteiger partial charge < -0.3 is 24.4 Å². The molecule has 216 valence electrons. The minimum atomic E-state index is -0.193. The standard InChI is InChI=1S/C34H41N3O4/c1-6-29(26-13-8-7-9-14-26)34(38)37(23-25-16-17-31(40-4)32(20-25)41-5)19-11-12-24(2)36-30-22-28(39-3)21-27-15-10-18-35-33(27)30/h7-10,13-18,20-22,24,29,36H,6,11-12,19,23H2,1-5H3. The average molecular weight is 556 g/mol. The SMILES string of the molecule is CCC(C(=O)N(CCCC(C)Nc1cc(OC)cc2cccnc12)Cc1ccc(OC)c(OC)c1)c1ccccc1. The summed E-state index contributed by atoms with van der Waals surface area (Å²) in [4.78, 5) is 20.5. The molecule has 1 aromatic heterocycles.